The fourth-order valence-electron chi connectivity index (χ4n) is 2.52. The van der Waals surface area contributed by atoms with E-state index in [9.17, 15) is 4.79 Å². The summed E-state index contributed by atoms with van der Waals surface area (Å²) in [6.07, 6.45) is 3.58. The highest BCUT2D eigenvalue weighted by Crippen LogP contribution is 2.20. The number of ether oxygens (including phenoxy) is 1. The Bertz CT molecular complexity index is 649. The number of aryl methyl sites for hydroxylation is 2. The van der Waals surface area contributed by atoms with Crippen molar-refractivity contribution in [2.45, 2.75) is 52.6 Å². The molecule has 2 aromatic carbocycles. The van der Waals surface area contributed by atoms with Gasteiger partial charge in [-0.25, -0.2) is 0 Å². The molecule has 3 heteroatoms. The molecule has 0 aromatic heterocycles. The summed E-state index contributed by atoms with van der Waals surface area (Å²) >= 11 is 0. The van der Waals surface area contributed by atoms with Crippen LogP contribution in [0.2, 0.25) is 0 Å². The van der Waals surface area contributed by atoms with Crippen LogP contribution in [0.1, 0.15) is 44.2 Å². The number of carbonyl (C=O) groups is 1. The van der Waals surface area contributed by atoms with Crippen LogP contribution in [0, 0.1) is 6.92 Å². The van der Waals surface area contributed by atoms with Gasteiger partial charge in [-0.15, -0.1) is 0 Å². The number of para-hydroxylation sites is 1. The first-order valence-electron chi connectivity index (χ1n) is 8.76. The summed E-state index contributed by atoms with van der Waals surface area (Å²) < 4.78 is 5.89. The number of benzene rings is 2. The summed E-state index contributed by atoms with van der Waals surface area (Å²) in [5.74, 6) is 0.650. The van der Waals surface area contributed by atoms with Crippen LogP contribution in [0.4, 0.5) is 5.69 Å². The van der Waals surface area contributed by atoms with E-state index in [0.29, 0.717) is 6.42 Å². The summed E-state index contributed by atoms with van der Waals surface area (Å²) in [6, 6.07) is 15.8. The molecule has 0 saturated heterocycles. The lowest BCUT2D eigenvalue weighted by Crippen LogP contribution is -2.32. The maximum absolute atomic E-state index is 12.5. The zero-order valence-electron chi connectivity index (χ0n) is 14.8. The average Bonchev–Trinajstić information content (AvgIpc) is 2.60. The van der Waals surface area contributed by atoms with Gasteiger partial charge in [0.25, 0.3) is 5.91 Å². The fourth-order valence-corrected chi connectivity index (χ4v) is 2.52. The standard InChI is InChI=1S/C21H27NO2/c1-4-6-10-17-12-14-18(15-13-17)22-21(23)19(5-2)24-20-11-8-7-9-16(20)3/h7-9,11-15,19H,4-6,10H2,1-3H3,(H,22,23). The minimum Gasteiger partial charge on any atom is -0.480 e. The second-order valence-electron chi connectivity index (χ2n) is 6.07. The number of anilines is 1. The van der Waals surface area contributed by atoms with Crippen LogP contribution in [0.5, 0.6) is 5.75 Å². The number of hydrogen-bond acceptors (Lipinski definition) is 2. The van der Waals surface area contributed by atoms with Gasteiger partial charge in [-0.1, -0.05) is 50.6 Å². The Kier molecular flexibility index (Phi) is 6.86. The van der Waals surface area contributed by atoms with E-state index < -0.39 is 6.10 Å². The van der Waals surface area contributed by atoms with E-state index in [1.807, 2.05) is 50.2 Å². The Hall–Kier alpha value is -2.29. The second-order valence-corrected chi connectivity index (χ2v) is 6.07. The Balaban J connectivity index is 1.97. The molecule has 128 valence electrons. The second kappa shape index (κ2) is 9.11. The van der Waals surface area contributed by atoms with E-state index in [1.54, 1.807) is 0 Å². The largest absolute Gasteiger partial charge is 0.480 e. The number of carbonyl (C=O) groups excluding carboxylic acids is 1. The molecule has 1 amide bonds. The third-order valence-electron chi connectivity index (χ3n) is 4.07. The highest BCUT2D eigenvalue weighted by Gasteiger charge is 2.19. The summed E-state index contributed by atoms with van der Waals surface area (Å²) in [5.41, 5.74) is 3.15. The van der Waals surface area contributed by atoms with Crippen LogP contribution >= 0.6 is 0 Å². The van der Waals surface area contributed by atoms with Gasteiger partial charge in [-0.3, -0.25) is 4.79 Å². The molecular weight excluding hydrogens is 298 g/mol. The summed E-state index contributed by atoms with van der Waals surface area (Å²) in [7, 11) is 0. The molecule has 2 aromatic rings. The Morgan fingerprint density at radius 1 is 1.08 bits per heavy atom. The number of unbranched alkanes of at least 4 members (excludes halogenated alkanes) is 1. The quantitative estimate of drug-likeness (QED) is 0.730. The topological polar surface area (TPSA) is 38.3 Å². The molecule has 0 fully saturated rings. The highest BCUT2D eigenvalue weighted by atomic mass is 16.5. The van der Waals surface area contributed by atoms with Crippen molar-refractivity contribution in [1.82, 2.24) is 0 Å². The SMILES string of the molecule is CCCCc1ccc(NC(=O)C(CC)Oc2ccccc2C)cc1. The summed E-state index contributed by atoms with van der Waals surface area (Å²) in [4.78, 5) is 12.5. The number of nitrogens with one attached hydrogen (secondary N) is 1. The van der Waals surface area contributed by atoms with Crippen molar-refractivity contribution >= 4 is 11.6 Å². The van der Waals surface area contributed by atoms with Crippen molar-refractivity contribution < 1.29 is 9.53 Å². The lowest BCUT2D eigenvalue weighted by molar-refractivity contribution is -0.122. The zero-order valence-corrected chi connectivity index (χ0v) is 14.8. The van der Waals surface area contributed by atoms with E-state index >= 15 is 0 Å². The normalized spacial score (nSPS) is 11.8. The molecule has 2 rings (SSSR count). The average molecular weight is 325 g/mol. The minimum atomic E-state index is -0.495. The van der Waals surface area contributed by atoms with Gasteiger partial charge in [0.2, 0.25) is 0 Å². The first-order chi connectivity index (χ1) is 11.6. The van der Waals surface area contributed by atoms with Gasteiger partial charge in [0.15, 0.2) is 6.10 Å². The summed E-state index contributed by atoms with van der Waals surface area (Å²) in [5, 5.41) is 2.95. The molecule has 0 bridgehead atoms. The van der Waals surface area contributed by atoms with Crippen molar-refractivity contribution in [3.05, 3.63) is 59.7 Å². The third-order valence-corrected chi connectivity index (χ3v) is 4.07. The van der Waals surface area contributed by atoms with Crippen LogP contribution in [0.3, 0.4) is 0 Å². The Morgan fingerprint density at radius 2 is 1.79 bits per heavy atom. The molecule has 1 atom stereocenters. The molecule has 0 spiro atoms. The van der Waals surface area contributed by atoms with E-state index in [0.717, 1.165) is 23.4 Å². The molecule has 0 aliphatic heterocycles. The fraction of sp³-hybridized carbons (Fsp3) is 0.381. The van der Waals surface area contributed by atoms with E-state index in [4.69, 9.17) is 4.74 Å². The van der Waals surface area contributed by atoms with E-state index in [1.165, 1.54) is 18.4 Å². The Morgan fingerprint density at radius 3 is 2.42 bits per heavy atom. The number of rotatable bonds is 8. The van der Waals surface area contributed by atoms with E-state index in [-0.39, 0.29) is 5.91 Å². The first kappa shape index (κ1) is 18.1. The van der Waals surface area contributed by atoms with Crippen molar-refractivity contribution in [3.63, 3.8) is 0 Å². The monoisotopic (exact) mass is 325 g/mol. The van der Waals surface area contributed by atoms with Gasteiger partial charge in [-0.05, 0) is 55.5 Å². The van der Waals surface area contributed by atoms with Gasteiger partial charge in [0.1, 0.15) is 5.75 Å². The van der Waals surface area contributed by atoms with Crippen molar-refractivity contribution in [2.24, 2.45) is 0 Å². The van der Waals surface area contributed by atoms with Gasteiger partial charge in [-0.2, -0.15) is 0 Å². The van der Waals surface area contributed by atoms with Gasteiger partial charge >= 0.3 is 0 Å². The molecule has 0 heterocycles. The molecule has 0 radical (unpaired) electrons. The van der Waals surface area contributed by atoms with Gasteiger partial charge < -0.3 is 10.1 Å². The van der Waals surface area contributed by atoms with Crippen molar-refractivity contribution in [1.29, 1.82) is 0 Å². The number of hydrogen-bond donors (Lipinski definition) is 1. The van der Waals surface area contributed by atoms with Crippen LogP contribution in [-0.2, 0) is 11.2 Å². The smallest absolute Gasteiger partial charge is 0.265 e. The first-order valence-corrected chi connectivity index (χ1v) is 8.76. The molecular formula is C21H27NO2. The molecule has 3 nitrogen and oxygen atoms in total. The third kappa shape index (κ3) is 5.12. The summed E-state index contributed by atoms with van der Waals surface area (Å²) in [6.45, 7) is 6.12. The lowest BCUT2D eigenvalue weighted by Gasteiger charge is -2.18. The van der Waals surface area contributed by atoms with Crippen LogP contribution in [0.15, 0.2) is 48.5 Å². The van der Waals surface area contributed by atoms with Crippen molar-refractivity contribution in [3.8, 4) is 5.75 Å². The van der Waals surface area contributed by atoms with Gasteiger partial charge in [0.05, 0.1) is 0 Å². The number of amides is 1. The van der Waals surface area contributed by atoms with Crippen LogP contribution in [-0.4, -0.2) is 12.0 Å². The molecule has 1 unspecified atom stereocenters. The maximum atomic E-state index is 12.5. The lowest BCUT2D eigenvalue weighted by atomic mass is 10.1. The predicted octanol–water partition coefficient (Wildman–Crippen LogP) is 5.13. The van der Waals surface area contributed by atoms with Crippen LogP contribution < -0.4 is 10.1 Å². The van der Waals surface area contributed by atoms with E-state index in [2.05, 4.69) is 24.4 Å². The molecule has 1 N–H and O–H groups in total. The Labute approximate surface area is 145 Å². The molecule has 0 aliphatic rings. The molecule has 0 aliphatic carbocycles. The van der Waals surface area contributed by atoms with Crippen LogP contribution in [0.25, 0.3) is 0 Å². The predicted molar refractivity (Wildman–Crippen MR) is 99.6 cm³/mol. The maximum Gasteiger partial charge on any atom is 0.265 e. The molecule has 24 heavy (non-hydrogen) atoms. The highest BCUT2D eigenvalue weighted by molar-refractivity contribution is 5.94. The van der Waals surface area contributed by atoms with Crippen molar-refractivity contribution in [2.75, 3.05) is 5.32 Å². The van der Waals surface area contributed by atoms with Gasteiger partial charge in [0, 0.05) is 5.69 Å². The zero-order chi connectivity index (χ0) is 17.4. The minimum absolute atomic E-state index is 0.109. The molecule has 0 saturated carbocycles.